The summed E-state index contributed by atoms with van der Waals surface area (Å²) in [6.45, 7) is 10.5. The fourth-order valence-electron chi connectivity index (χ4n) is 3.09. The summed E-state index contributed by atoms with van der Waals surface area (Å²) in [6.07, 6.45) is -1.00. The van der Waals surface area contributed by atoms with Gasteiger partial charge in [0.05, 0.1) is 0 Å². The van der Waals surface area contributed by atoms with E-state index in [0.29, 0.717) is 17.7 Å². The van der Waals surface area contributed by atoms with Gasteiger partial charge < -0.3 is 35.4 Å². The van der Waals surface area contributed by atoms with Crippen molar-refractivity contribution in [2.75, 3.05) is 18.9 Å². The third-order valence-corrected chi connectivity index (χ3v) is 5.15. The quantitative estimate of drug-likeness (QED) is 0.317. The van der Waals surface area contributed by atoms with Crippen LogP contribution in [0.5, 0.6) is 0 Å². The van der Waals surface area contributed by atoms with E-state index in [1.54, 1.807) is 58.9 Å². The zero-order valence-electron chi connectivity index (χ0n) is 23.1. The van der Waals surface area contributed by atoms with Gasteiger partial charge in [0, 0.05) is 25.7 Å². The molecule has 0 fully saturated rings. The minimum atomic E-state index is -0.925. The Bertz CT molecular complexity index is 972. The number of ether oxygens (including phenoxy) is 2. The molecule has 212 valence electrons. The van der Waals surface area contributed by atoms with Crippen molar-refractivity contribution in [1.82, 2.24) is 15.5 Å². The average molecular weight is 537 g/mol. The summed E-state index contributed by atoms with van der Waals surface area (Å²) in [6, 6.07) is 4.84. The topological polar surface area (TPSA) is 163 Å². The highest BCUT2D eigenvalue weighted by Crippen LogP contribution is 2.12. The van der Waals surface area contributed by atoms with Crippen LogP contribution in [0.25, 0.3) is 0 Å². The fraction of sp³-hybridized carbons (Fsp3) is 0.577. The molecule has 2 unspecified atom stereocenters. The Hall–Kier alpha value is -3.83. The normalized spacial score (nSPS) is 12.6. The van der Waals surface area contributed by atoms with Crippen LogP contribution in [-0.2, 0) is 30.5 Å². The Kier molecular flexibility index (Phi) is 12.5. The van der Waals surface area contributed by atoms with Gasteiger partial charge >= 0.3 is 18.2 Å². The molecule has 0 bridgehead atoms. The molecule has 12 nitrogen and oxygen atoms in total. The summed E-state index contributed by atoms with van der Waals surface area (Å²) in [5.74, 6) is -2.14. The molecule has 1 rings (SSSR count). The first kappa shape index (κ1) is 32.2. The number of rotatable bonds is 12. The number of alkyl carbamates (subject to hydrolysis) is 1. The molecule has 1 aromatic carbocycles. The molecule has 0 aromatic heterocycles. The van der Waals surface area contributed by atoms with Crippen molar-refractivity contribution < 1.29 is 38.6 Å². The summed E-state index contributed by atoms with van der Waals surface area (Å²) in [5.41, 5.74) is 0.445. The van der Waals surface area contributed by atoms with Gasteiger partial charge in [-0.1, -0.05) is 26.0 Å². The molecule has 0 aliphatic heterocycles. The molecule has 12 heteroatoms. The number of benzene rings is 1. The van der Waals surface area contributed by atoms with E-state index in [0.717, 1.165) is 0 Å². The Labute approximate surface area is 223 Å². The van der Waals surface area contributed by atoms with Gasteiger partial charge in [0.1, 0.15) is 24.3 Å². The van der Waals surface area contributed by atoms with Gasteiger partial charge in [-0.3, -0.25) is 14.4 Å². The summed E-state index contributed by atoms with van der Waals surface area (Å²) < 4.78 is 10.4. The zero-order valence-corrected chi connectivity index (χ0v) is 23.1. The van der Waals surface area contributed by atoms with Crippen molar-refractivity contribution in [3.63, 3.8) is 0 Å². The minimum absolute atomic E-state index is 0.00400. The van der Waals surface area contributed by atoms with Gasteiger partial charge in [0.2, 0.25) is 11.8 Å². The van der Waals surface area contributed by atoms with Crippen LogP contribution in [0.15, 0.2) is 24.3 Å². The Morgan fingerprint density at radius 1 is 0.974 bits per heavy atom. The van der Waals surface area contributed by atoms with E-state index in [4.69, 9.17) is 14.6 Å². The first-order chi connectivity index (χ1) is 17.6. The van der Waals surface area contributed by atoms with E-state index >= 15 is 0 Å². The SMILES string of the molecule is CC(NC(=O)C(NC(=O)OC(C)(C)C)C(C)C)C(=O)Nc1ccc(COC(=O)N(C)CCCC(=O)O)cc1. The lowest BCUT2D eigenvalue weighted by Gasteiger charge is -2.26. The number of nitrogens with one attached hydrogen (secondary N) is 3. The standard InChI is InChI=1S/C26H40N4O8/c1-16(2)21(29-24(35)38-26(4,5)6)23(34)27-17(3)22(33)28-19-12-10-18(11-13-19)15-37-25(36)30(7)14-8-9-20(31)32/h10-13,16-17,21H,8-9,14-15H2,1-7H3,(H,27,34)(H,28,33)(H,29,35)(H,31,32). The van der Waals surface area contributed by atoms with Crippen LogP contribution in [0.3, 0.4) is 0 Å². The third-order valence-electron chi connectivity index (χ3n) is 5.15. The highest BCUT2D eigenvalue weighted by Gasteiger charge is 2.29. The van der Waals surface area contributed by atoms with E-state index < -0.39 is 47.7 Å². The van der Waals surface area contributed by atoms with Crippen LogP contribution in [0, 0.1) is 5.92 Å². The average Bonchev–Trinajstić information content (AvgIpc) is 2.80. The zero-order chi connectivity index (χ0) is 29.0. The molecule has 4 N–H and O–H groups in total. The van der Waals surface area contributed by atoms with Crippen LogP contribution in [0.4, 0.5) is 15.3 Å². The first-order valence-electron chi connectivity index (χ1n) is 12.4. The Balaban J connectivity index is 2.58. The molecule has 0 radical (unpaired) electrons. The van der Waals surface area contributed by atoms with E-state index in [-0.39, 0.29) is 25.5 Å². The van der Waals surface area contributed by atoms with Gasteiger partial charge in [0.25, 0.3) is 0 Å². The van der Waals surface area contributed by atoms with E-state index in [1.165, 1.54) is 18.9 Å². The lowest BCUT2D eigenvalue weighted by Crippen LogP contribution is -2.54. The number of nitrogens with zero attached hydrogens (tertiary/aromatic N) is 1. The number of carbonyl (C=O) groups is 5. The largest absolute Gasteiger partial charge is 0.481 e. The van der Waals surface area contributed by atoms with E-state index in [9.17, 15) is 24.0 Å². The fourth-order valence-corrected chi connectivity index (χ4v) is 3.09. The van der Waals surface area contributed by atoms with Gasteiger partial charge in [-0.15, -0.1) is 0 Å². The molecule has 0 saturated heterocycles. The number of hydrogen-bond donors (Lipinski definition) is 4. The number of hydrogen-bond acceptors (Lipinski definition) is 7. The van der Waals surface area contributed by atoms with Gasteiger partial charge in [0.15, 0.2) is 0 Å². The molecule has 0 saturated carbocycles. The Morgan fingerprint density at radius 3 is 2.11 bits per heavy atom. The monoisotopic (exact) mass is 536 g/mol. The minimum Gasteiger partial charge on any atom is -0.481 e. The number of anilines is 1. The van der Waals surface area contributed by atoms with Crippen molar-refractivity contribution in [3.05, 3.63) is 29.8 Å². The molecule has 2 atom stereocenters. The number of amides is 4. The second-order valence-corrected chi connectivity index (χ2v) is 10.3. The molecule has 0 aliphatic carbocycles. The lowest BCUT2D eigenvalue weighted by molar-refractivity contribution is -0.137. The van der Waals surface area contributed by atoms with Crippen molar-refractivity contribution in [1.29, 1.82) is 0 Å². The van der Waals surface area contributed by atoms with Gasteiger partial charge in [-0.05, 0) is 57.7 Å². The van der Waals surface area contributed by atoms with Crippen LogP contribution < -0.4 is 16.0 Å². The predicted molar refractivity (Wildman–Crippen MR) is 140 cm³/mol. The summed E-state index contributed by atoms with van der Waals surface area (Å²) in [5, 5.41) is 16.5. The molecular formula is C26H40N4O8. The summed E-state index contributed by atoms with van der Waals surface area (Å²) in [7, 11) is 1.53. The number of carbonyl (C=O) groups excluding carboxylic acids is 4. The lowest BCUT2D eigenvalue weighted by atomic mass is 10.0. The maximum Gasteiger partial charge on any atom is 0.409 e. The van der Waals surface area contributed by atoms with Crippen LogP contribution in [0.1, 0.15) is 59.9 Å². The van der Waals surface area contributed by atoms with Crippen molar-refractivity contribution in [3.8, 4) is 0 Å². The van der Waals surface area contributed by atoms with Crippen molar-refractivity contribution in [2.45, 2.75) is 78.7 Å². The highest BCUT2D eigenvalue weighted by atomic mass is 16.6. The maximum atomic E-state index is 12.7. The van der Waals surface area contributed by atoms with Crippen molar-refractivity contribution in [2.24, 2.45) is 5.92 Å². The molecule has 1 aromatic rings. The molecule has 38 heavy (non-hydrogen) atoms. The van der Waals surface area contributed by atoms with Crippen LogP contribution in [-0.4, -0.2) is 71.3 Å². The number of carboxylic acid groups (broad SMARTS) is 1. The summed E-state index contributed by atoms with van der Waals surface area (Å²) >= 11 is 0. The molecule has 0 spiro atoms. The number of carboxylic acids is 1. The van der Waals surface area contributed by atoms with Crippen molar-refractivity contribution >= 4 is 35.7 Å². The second kappa shape index (κ2) is 14.8. The highest BCUT2D eigenvalue weighted by molar-refractivity contribution is 5.98. The van der Waals surface area contributed by atoms with E-state index in [2.05, 4.69) is 16.0 Å². The first-order valence-corrected chi connectivity index (χ1v) is 12.4. The maximum absolute atomic E-state index is 12.7. The molecule has 4 amide bonds. The molecular weight excluding hydrogens is 496 g/mol. The smallest absolute Gasteiger partial charge is 0.409 e. The predicted octanol–water partition coefficient (Wildman–Crippen LogP) is 3.11. The molecule has 0 aliphatic rings. The second-order valence-electron chi connectivity index (χ2n) is 10.3. The molecule has 0 heterocycles. The number of aliphatic carboxylic acids is 1. The van der Waals surface area contributed by atoms with Gasteiger partial charge in [-0.25, -0.2) is 9.59 Å². The Morgan fingerprint density at radius 2 is 1.58 bits per heavy atom. The van der Waals surface area contributed by atoms with E-state index in [1.807, 2.05) is 0 Å². The summed E-state index contributed by atoms with van der Waals surface area (Å²) in [4.78, 5) is 61.3. The van der Waals surface area contributed by atoms with Crippen LogP contribution >= 0.6 is 0 Å². The van der Waals surface area contributed by atoms with Gasteiger partial charge in [-0.2, -0.15) is 0 Å². The van der Waals surface area contributed by atoms with Crippen LogP contribution in [0.2, 0.25) is 0 Å². The third kappa shape index (κ3) is 12.4.